The first-order valence-corrected chi connectivity index (χ1v) is 5.68. The highest BCUT2D eigenvalue weighted by Crippen LogP contribution is 2.08. The third kappa shape index (κ3) is 4.13. The van der Waals surface area contributed by atoms with Gasteiger partial charge < -0.3 is 10.5 Å². The molecule has 1 rings (SSSR count). The van der Waals surface area contributed by atoms with Crippen molar-refractivity contribution in [3.8, 4) is 0 Å². The van der Waals surface area contributed by atoms with E-state index in [0.717, 1.165) is 18.4 Å². The Morgan fingerprint density at radius 1 is 1.44 bits per heavy atom. The van der Waals surface area contributed by atoms with Crippen molar-refractivity contribution in [2.24, 2.45) is 5.73 Å². The average Bonchev–Trinajstić information content (AvgIpc) is 2.30. The predicted molar refractivity (Wildman–Crippen MR) is 64.6 cm³/mol. The van der Waals surface area contributed by atoms with Gasteiger partial charge >= 0.3 is 0 Å². The molecular formula is C13H19NO2. The molecule has 0 radical (unpaired) electrons. The summed E-state index contributed by atoms with van der Waals surface area (Å²) in [4.78, 5) is 11.7. The molecule has 1 aromatic carbocycles. The maximum absolute atomic E-state index is 11.7. The number of aryl methyl sites for hydroxylation is 1. The molecule has 0 aromatic heterocycles. The fourth-order valence-corrected chi connectivity index (χ4v) is 1.52. The number of carbonyl (C=O) groups excluding carboxylic acids is 1. The summed E-state index contributed by atoms with van der Waals surface area (Å²) >= 11 is 0. The standard InChI is InChI=1S/C13H19NO2/c1-2-4-11-5-3-6-12(9-11)13(15)10-16-8-7-14/h3,5-6,9H,2,4,7-8,10,14H2,1H3. The molecule has 0 amide bonds. The van der Waals surface area contributed by atoms with Crippen LogP contribution in [0.25, 0.3) is 0 Å². The van der Waals surface area contributed by atoms with E-state index in [1.54, 1.807) is 0 Å². The molecule has 88 valence electrons. The van der Waals surface area contributed by atoms with Crippen LogP contribution in [0.5, 0.6) is 0 Å². The molecule has 0 bridgehead atoms. The summed E-state index contributed by atoms with van der Waals surface area (Å²) in [6.07, 6.45) is 2.09. The molecule has 0 atom stereocenters. The van der Waals surface area contributed by atoms with Gasteiger partial charge in [0.25, 0.3) is 0 Å². The van der Waals surface area contributed by atoms with Gasteiger partial charge in [0.05, 0.1) is 6.61 Å². The zero-order chi connectivity index (χ0) is 11.8. The van der Waals surface area contributed by atoms with Crippen LogP contribution in [0.4, 0.5) is 0 Å². The number of ether oxygens (including phenoxy) is 1. The van der Waals surface area contributed by atoms with Crippen LogP contribution in [0, 0.1) is 0 Å². The topological polar surface area (TPSA) is 52.3 Å². The summed E-state index contributed by atoms with van der Waals surface area (Å²) in [5.74, 6) is 0.0198. The highest BCUT2D eigenvalue weighted by molar-refractivity contribution is 5.97. The van der Waals surface area contributed by atoms with Crippen molar-refractivity contribution in [3.05, 3.63) is 35.4 Å². The number of ketones is 1. The minimum Gasteiger partial charge on any atom is -0.372 e. The molecule has 0 saturated carbocycles. The summed E-state index contributed by atoms with van der Waals surface area (Å²) in [6, 6.07) is 7.73. The second-order valence-electron chi connectivity index (χ2n) is 3.71. The van der Waals surface area contributed by atoms with Gasteiger partial charge in [0.1, 0.15) is 6.61 Å². The van der Waals surface area contributed by atoms with Crippen LogP contribution in [0.15, 0.2) is 24.3 Å². The third-order valence-electron chi connectivity index (χ3n) is 2.28. The van der Waals surface area contributed by atoms with Crippen LogP contribution in [-0.2, 0) is 11.2 Å². The van der Waals surface area contributed by atoms with E-state index < -0.39 is 0 Å². The maximum Gasteiger partial charge on any atom is 0.188 e. The quantitative estimate of drug-likeness (QED) is 0.564. The first-order valence-electron chi connectivity index (χ1n) is 5.68. The molecule has 3 nitrogen and oxygen atoms in total. The second-order valence-corrected chi connectivity index (χ2v) is 3.71. The van der Waals surface area contributed by atoms with E-state index in [1.807, 2.05) is 24.3 Å². The van der Waals surface area contributed by atoms with Gasteiger partial charge in [-0.15, -0.1) is 0 Å². The van der Waals surface area contributed by atoms with Crippen LogP contribution in [0.3, 0.4) is 0 Å². The van der Waals surface area contributed by atoms with Crippen LogP contribution < -0.4 is 5.73 Å². The number of hydrogen-bond acceptors (Lipinski definition) is 3. The Morgan fingerprint density at radius 2 is 2.25 bits per heavy atom. The number of hydrogen-bond donors (Lipinski definition) is 1. The lowest BCUT2D eigenvalue weighted by molar-refractivity contribution is 0.0774. The van der Waals surface area contributed by atoms with E-state index in [2.05, 4.69) is 6.92 Å². The molecule has 0 heterocycles. The average molecular weight is 221 g/mol. The van der Waals surface area contributed by atoms with E-state index in [0.29, 0.717) is 13.2 Å². The van der Waals surface area contributed by atoms with Gasteiger partial charge in [0, 0.05) is 12.1 Å². The van der Waals surface area contributed by atoms with E-state index in [4.69, 9.17) is 10.5 Å². The molecule has 2 N–H and O–H groups in total. The van der Waals surface area contributed by atoms with Crippen molar-refractivity contribution in [2.75, 3.05) is 19.8 Å². The monoisotopic (exact) mass is 221 g/mol. The van der Waals surface area contributed by atoms with Gasteiger partial charge in [0.15, 0.2) is 5.78 Å². The van der Waals surface area contributed by atoms with Crippen LogP contribution >= 0.6 is 0 Å². The largest absolute Gasteiger partial charge is 0.372 e. The maximum atomic E-state index is 11.7. The normalized spacial score (nSPS) is 10.4. The summed E-state index contributed by atoms with van der Waals surface area (Å²) in [7, 11) is 0. The lowest BCUT2D eigenvalue weighted by atomic mass is 10.0. The molecule has 0 aliphatic rings. The van der Waals surface area contributed by atoms with E-state index in [1.165, 1.54) is 5.56 Å². The molecule has 0 unspecified atom stereocenters. The van der Waals surface area contributed by atoms with Gasteiger partial charge in [-0.25, -0.2) is 0 Å². The molecule has 3 heteroatoms. The minimum absolute atomic E-state index is 0.0198. The third-order valence-corrected chi connectivity index (χ3v) is 2.28. The Morgan fingerprint density at radius 3 is 2.94 bits per heavy atom. The van der Waals surface area contributed by atoms with E-state index in [9.17, 15) is 4.79 Å². The first-order chi connectivity index (χ1) is 7.77. The molecule has 0 saturated heterocycles. The fourth-order valence-electron chi connectivity index (χ4n) is 1.52. The van der Waals surface area contributed by atoms with Crippen molar-refractivity contribution in [3.63, 3.8) is 0 Å². The first kappa shape index (κ1) is 12.9. The fraction of sp³-hybridized carbons (Fsp3) is 0.462. The zero-order valence-electron chi connectivity index (χ0n) is 9.74. The molecule has 0 fully saturated rings. The summed E-state index contributed by atoms with van der Waals surface area (Å²) in [5.41, 5.74) is 7.21. The SMILES string of the molecule is CCCc1cccc(C(=O)COCCN)c1. The van der Waals surface area contributed by atoms with Crippen molar-refractivity contribution in [1.82, 2.24) is 0 Å². The van der Waals surface area contributed by atoms with Gasteiger partial charge in [0.2, 0.25) is 0 Å². The predicted octanol–water partition coefficient (Wildman–Crippen LogP) is 1.80. The molecule has 0 aliphatic carbocycles. The molecular weight excluding hydrogens is 202 g/mol. The Kier molecular flexibility index (Phi) is 5.75. The minimum atomic E-state index is 0.0198. The number of nitrogens with two attached hydrogens (primary N) is 1. The Balaban J connectivity index is 2.57. The number of benzene rings is 1. The van der Waals surface area contributed by atoms with E-state index >= 15 is 0 Å². The van der Waals surface area contributed by atoms with Crippen molar-refractivity contribution in [2.45, 2.75) is 19.8 Å². The molecule has 0 spiro atoms. The second kappa shape index (κ2) is 7.14. The van der Waals surface area contributed by atoms with Gasteiger partial charge in [-0.3, -0.25) is 4.79 Å². The van der Waals surface area contributed by atoms with Crippen LogP contribution in [-0.4, -0.2) is 25.5 Å². The molecule has 16 heavy (non-hydrogen) atoms. The summed E-state index contributed by atoms with van der Waals surface area (Å²) in [6.45, 7) is 3.12. The lowest BCUT2D eigenvalue weighted by Gasteiger charge is -2.04. The number of Topliss-reactive ketones (excluding diaryl/α,β-unsaturated/α-hetero) is 1. The van der Waals surface area contributed by atoms with Crippen molar-refractivity contribution < 1.29 is 9.53 Å². The van der Waals surface area contributed by atoms with Crippen LogP contribution in [0.2, 0.25) is 0 Å². The Labute approximate surface area is 96.6 Å². The van der Waals surface area contributed by atoms with Gasteiger partial charge in [-0.2, -0.15) is 0 Å². The van der Waals surface area contributed by atoms with Crippen molar-refractivity contribution in [1.29, 1.82) is 0 Å². The van der Waals surface area contributed by atoms with E-state index in [-0.39, 0.29) is 12.4 Å². The van der Waals surface area contributed by atoms with Gasteiger partial charge in [-0.1, -0.05) is 31.5 Å². The lowest BCUT2D eigenvalue weighted by Crippen LogP contribution is -2.14. The van der Waals surface area contributed by atoms with Crippen molar-refractivity contribution >= 4 is 5.78 Å². The Hall–Kier alpha value is -1.19. The number of rotatable bonds is 7. The molecule has 0 aliphatic heterocycles. The zero-order valence-corrected chi connectivity index (χ0v) is 9.74. The van der Waals surface area contributed by atoms with Gasteiger partial charge in [-0.05, 0) is 18.1 Å². The summed E-state index contributed by atoms with van der Waals surface area (Å²) in [5, 5.41) is 0. The highest BCUT2D eigenvalue weighted by Gasteiger charge is 2.06. The number of carbonyl (C=O) groups is 1. The molecule has 1 aromatic rings. The highest BCUT2D eigenvalue weighted by atomic mass is 16.5. The smallest absolute Gasteiger partial charge is 0.188 e. The van der Waals surface area contributed by atoms with Crippen LogP contribution in [0.1, 0.15) is 29.3 Å². The Bertz CT molecular complexity index is 336. The summed E-state index contributed by atoms with van der Waals surface area (Å²) < 4.78 is 5.12.